The molecule has 0 aromatic carbocycles. The first-order chi connectivity index (χ1) is 21.6. The van der Waals surface area contributed by atoms with Gasteiger partial charge in [-0.05, 0) is 0 Å². The highest BCUT2D eigenvalue weighted by Crippen LogP contribution is 2.62. The minimum absolute atomic E-state index is 0.764. The zero-order valence-electron chi connectivity index (χ0n) is 23.2. The Kier molecular flexibility index (Phi) is 12.1. The summed E-state index contributed by atoms with van der Waals surface area (Å²) in [6.07, 6.45) is -21.0. The monoisotopic (exact) mass is 810 g/mol. The summed E-state index contributed by atoms with van der Waals surface area (Å²) in [5, 5.41) is 0. The van der Waals surface area contributed by atoms with E-state index in [1.54, 1.807) is 0 Å². The number of hydrogen-bond donors (Lipinski definition) is 0. The van der Waals surface area contributed by atoms with E-state index in [1.165, 1.54) is 0 Å². The molecular formula is C21H16F26O3. The first-order valence-electron chi connectivity index (χ1n) is 12.3. The number of hydrogen-bond acceptors (Lipinski definition) is 3. The SMILES string of the molecule is FC(F)(F)C(F)(F)C(F)(F)C(F)(F)C(F)(F)C(F)(F)CCOCC1(COCCC(F)(F)C(F)(F)C(F)(F)C(F)(F)C(F)(F)C(F)(F)F)COC1. The van der Waals surface area contributed by atoms with E-state index in [0.717, 1.165) is 0 Å². The molecule has 1 aliphatic heterocycles. The van der Waals surface area contributed by atoms with E-state index in [1.807, 2.05) is 0 Å². The molecule has 1 rings (SSSR count). The second-order valence-electron chi connectivity index (χ2n) is 10.6. The van der Waals surface area contributed by atoms with Crippen LogP contribution in [-0.2, 0) is 14.2 Å². The average molecular weight is 810 g/mol. The Bertz CT molecular complexity index is 1070. The molecule has 0 N–H and O–H groups in total. The first kappa shape index (κ1) is 46.1. The Labute approximate surface area is 259 Å². The standard InChI is InChI=1S/C21H16F26O3/c22-10(23,12(26,27)14(30,31)16(34,35)18(38,39)20(42,43)44)1-3-48-5-9(7-50-8-9)6-49-4-2-11(24,25)13(28,29)15(32,33)17(36,37)19(40,41)21(45,46)47/h1-8H2. The normalized spacial score (nSPS) is 18.4. The van der Waals surface area contributed by atoms with E-state index in [2.05, 4.69) is 14.2 Å². The van der Waals surface area contributed by atoms with E-state index < -0.39 is 129 Å². The lowest BCUT2D eigenvalue weighted by molar-refractivity contribution is -0.440. The van der Waals surface area contributed by atoms with Crippen molar-refractivity contribution >= 4 is 0 Å². The highest BCUT2D eigenvalue weighted by molar-refractivity contribution is 5.11. The van der Waals surface area contributed by atoms with Gasteiger partial charge < -0.3 is 14.2 Å². The molecular weight excluding hydrogens is 794 g/mol. The van der Waals surface area contributed by atoms with Gasteiger partial charge in [-0.2, -0.15) is 114 Å². The molecule has 1 saturated heterocycles. The first-order valence-corrected chi connectivity index (χ1v) is 12.3. The van der Waals surface area contributed by atoms with E-state index in [-0.39, 0.29) is 0 Å². The molecule has 0 amide bonds. The van der Waals surface area contributed by atoms with Crippen molar-refractivity contribution in [3.05, 3.63) is 0 Å². The lowest BCUT2D eigenvalue weighted by atomic mass is 9.88. The Morgan fingerprint density at radius 3 is 0.800 bits per heavy atom. The van der Waals surface area contributed by atoms with Gasteiger partial charge in [0.05, 0.1) is 45.1 Å². The van der Waals surface area contributed by atoms with Crippen LogP contribution < -0.4 is 0 Å². The van der Waals surface area contributed by atoms with Crippen LogP contribution in [0.3, 0.4) is 0 Å². The maximum absolute atomic E-state index is 13.8. The highest BCUT2D eigenvalue weighted by Gasteiger charge is 2.92. The van der Waals surface area contributed by atoms with Crippen LogP contribution in [0.25, 0.3) is 0 Å². The van der Waals surface area contributed by atoms with Gasteiger partial charge in [-0.1, -0.05) is 0 Å². The lowest BCUT2D eigenvalue weighted by Crippen LogP contribution is -2.70. The van der Waals surface area contributed by atoms with Crippen LogP contribution >= 0.6 is 0 Å². The van der Waals surface area contributed by atoms with Gasteiger partial charge in [0, 0.05) is 12.8 Å². The second kappa shape index (κ2) is 13.2. The maximum Gasteiger partial charge on any atom is 0.460 e. The Hall–Kier alpha value is -1.94. The van der Waals surface area contributed by atoms with Gasteiger partial charge in [0.1, 0.15) is 0 Å². The zero-order chi connectivity index (χ0) is 40.3. The van der Waals surface area contributed by atoms with Crippen LogP contribution in [0.15, 0.2) is 0 Å². The number of alkyl halides is 26. The van der Waals surface area contributed by atoms with Crippen molar-refractivity contribution in [2.45, 2.75) is 84.4 Å². The molecule has 300 valence electrons. The molecule has 1 aliphatic rings. The number of ether oxygens (including phenoxy) is 3. The van der Waals surface area contributed by atoms with Gasteiger partial charge in [-0.15, -0.1) is 0 Å². The van der Waals surface area contributed by atoms with Crippen molar-refractivity contribution in [2.75, 3.05) is 39.6 Å². The van der Waals surface area contributed by atoms with Crippen LogP contribution in [0.5, 0.6) is 0 Å². The molecule has 3 nitrogen and oxygen atoms in total. The zero-order valence-corrected chi connectivity index (χ0v) is 23.2. The van der Waals surface area contributed by atoms with E-state index in [0.29, 0.717) is 0 Å². The molecule has 50 heavy (non-hydrogen) atoms. The average Bonchev–Trinajstić information content (AvgIpc) is 2.88. The van der Waals surface area contributed by atoms with E-state index >= 15 is 0 Å². The Morgan fingerprint density at radius 1 is 0.360 bits per heavy atom. The lowest BCUT2D eigenvalue weighted by Gasteiger charge is -2.41. The van der Waals surface area contributed by atoms with Crippen LogP contribution in [0.2, 0.25) is 0 Å². The summed E-state index contributed by atoms with van der Waals surface area (Å²) in [6, 6.07) is 0. The van der Waals surface area contributed by atoms with Crippen molar-refractivity contribution in [3.63, 3.8) is 0 Å². The number of rotatable bonds is 18. The largest absolute Gasteiger partial charge is 0.460 e. The molecule has 0 atom stereocenters. The molecule has 0 aliphatic carbocycles. The molecule has 0 bridgehead atoms. The molecule has 1 heterocycles. The quantitative estimate of drug-likeness (QED) is 0.102. The topological polar surface area (TPSA) is 27.7 Å². The summed E-state index contributed by atoms with van der Waals surface area (Å²) in [4.78, 5) is 0. The van der Waals surface area contributed by atoms with Crippen LogP contribution in [0, 0.1) is 5.41 Å². The van der Waals surface area contributed by atoms with E-state index in [9.17, 15) is 114 Å². The van der Waals surface area contributed by atoms with Gasteiger partial charge >= 0.3 is 71.6 Å². The fourth-order valence-electron chi connectivity index (χ4n) is 3.50. The third kappa shape index (κ3) is 7.19. The van der Waals surface area contributed by atoms with Crippen molar-refractivity contribution in [2.24, 2.45) is 5.41 Å². The van der Waals surface area contributed by atoms with Crippen LogP contribution in [-0.4, -0.2) is 111 Å². The van der Waals surface area contributed by atoms with Gasteiger partial charge in [0.25, 0.3) is 0 Å². The van der Waals surface area contributed by atoms with Gasteiger partial charge in [0.2, 0.25) is 0 Å². The fraction of sp³-hybridized carbons (Fsp3) is 1.00. The molecule has 0 aromatic rings. The molecule has 0 spiro atoms. The second-order valence-corrected chi connectivity index (χ2v) is 10.6. The van der Waals surface area contributed by atoms with Gasteiger partial charge in [-0.3, -0.25) is 0 Å². The summed E-state index contributed by atoms with van der Waals surface area (Å²) >= 11 is 0. The Balaban J connectivity index is 2.92. The molecule has 0 radical (unpaired) electrons. The minimum atomic E-state index is -8.18. The maximum atomic E-state index is 13.8. The van der Waals surface area contributed by atoms with Crippen LogP contribution in [0.1, 0.15) is 12.8 Å². The van der Waals surface area contributed by atoms with Crippen LogP contribution in [0.4, 0.5) is 114 Å². The van der Waals surface area contributed by atoms with Crippen molar-refractivity contribution in [1.29, 1.82) is 0 Å². The van der Waals surface area contributed by atoms with Crippen molar-refractivity contribution < 1.29 is 128 Å². The van der Waals surface area contributed by atoms with Gasteiger partial charge in [0.15, 0.2) is 0 Å². The summed E-state index contributed by atoms with van der Waals surface area (Å²) in [5.41, 5.74) is -1.88. The predicted molar refractivity (Wildman–Crippen MR) is 106 cm³/mol. The molecule has 0 saturated carbocycles. The molecule has 0 aromatic heterocycles. The van der Waals surface area contributed by atoms with Crippen molar-refractivity contribution in [3.8, 4) is 0 Å². The van der Waals surface area contributed by atoms with Gasteiger partial charge in [-0.25, -0.2) is 0 Å². The highest BCUT2D eigenvalue weighted by atomic mass is 19.4. The van der Waals surface area contributed by atoms with Crippen molar-refractivity contribution in [1.82, 2.24) is 0 Å². The minimum Gasteiger partial charge on any atom is -0.380 e. The molecule has 1 fully saturated rings. The third-order valence-corrected chi connectivity index (χ3v) is 6.75. The molecule has 29 heteroatoms. The Morgan fingerprint density at radius 2 is 0.600 bits per heavy atom. The third-order valence-electron chi connectivity index (χ3n) is 6.75. The summed E-state index contributed by atoms with van der Waals surface area (Å²) in [7, 11) is 0. The summed E-state index contributed by atoms with van der Waals surface area (Å²) in [6.45, 7) is -7.93. The molecule has 0 unspecified atom stereocenters. The number of halogens is 26. The smallest absolute Gasteiger partial charge is 0.380 e. The van der Waals surface area contributed by atoms with E-state index in [4.69, 9.17) is 0 Å². The predicted octanol–water partition coefficient (Wildman–Crippen LogP) is 9.29. The fourth-order valence-corrected chi connectivity index (χ4v) is 3.50. The summed E-state index contributed by atoms with van der Waals surface area (Å²) < 4.78 is 354. The summed E-state index contributed by atoms with van der Waals surface area (Å²) in [5.74, 6) is -76.9.